The Balaban J connectivity index is 1.62. The molecule has 0 fully saturated rings. The molecule has 6 nitrogen and oxygen atoms in total. The van der Waals surface area contributed by atoms with E-state index >= 15 is 0 Å². The maximum Gasteiger partial charge on any atom is 0.0841 e. The Hall–Kier alpha value is -2.21. The molecule has 0 saturated heterocycles. The predicted octanol–water partition coefficient (Wildman–Crippen LogP) is 0.955. The number of para-hydroxylation sites is 1. The highest BCUT2D eigenvalue weighted by atomic mass is 15.4. The van der Waals surface area contributed by atoms with Crippen LogP contribution in [0.25, 0.3) is 10.9 Å². The van der Waals surface area contributed by atoms with E-state index in [2.05, 4.69) is 32.9 Å². The Labute approximate surface area is 111 Å². The molecule has 1 N–H and O–H groups in total. The standard InChI is InChI=1S/C13H16N6/c1-18-13-5-3-2-4-11(13)12(16-18)10-14-6-8-19-9-7-15-17-19/h2-5,7,9,14H,6,8,10H2,1H3. The van der Waals surface area contributed by atoms with E-state index in [0.29, 0.717) is 0 Å². The highest BCUT2D eigenvalue weighted by Gasteiger charge is 2.06. The van der Waals surface area contributed by atoms with Crippen LogP contribution in [-0.2, 0) is 20.1 Å². The Morgan fingerprint density at radius 1 is 1.26 bits per heavy atom. The van der Waals surface area contributed by atoms with Gasteiger partial charge in [-0.3, -0.25) is 9.36 Å². The van der Waals surface area contributed by atoms with Gasteiger partial charge < -0.3 is 5.32 Å². The van der Waals surface area contributed by atoms with E-state index in [9.17, 15) is 0 Å². The molecule has 98 valence electrons. The molecule has 6 heteroatoms. The summed E-state index contributed by atoms with van der Waals surface area (Å²) in [6.07, 6.45) is 3.55. The van der Waals surface area contributed by atoms with Crippen molar-refractivity contribution in [3.63, 3.8) is 0 Å². The second-order valence-electron chi connectivity index (χ2n) is 4.43. The van der Waals surface area contributed by atoms with Gasteiger partial charge in [-0.05, 0) is 6.07 Å². The predicted molar refractivity (Wildman–Crippen MR) is 72.4 cm³/mol. The number of aryl methyl sites for hydroxylation is 1. The molecule has 19 heavy (non-hydrogen) atoms. The molecule has 0 radical (unpaired) electrons. The molecule has 3 aromatic rings. The van der Waals surface area contributed by atoms with Gasteiger partial charge in [0, 0.05) is 31.7 Å². The van der Waals surface area contributed by atoms with Crippen LogP contribution in [0.4, 0.5) is 0 Å². The number of nitrogens with one attached hydrogen (secondary N) is 1. The molecule has 0 atom stereocenters. The van der Waals surface area contributed by atoms with Crippen LogP contribution in [-0.4, -0.2) is 31.3 Å². The van der Waals surface area contributed by atoms with Crippen molar-refractivity contribution in [3.05, 3.63) is 42.4 Å². The minimum atomic E-state index is 0.760. The maximum absolute atomic E-state index is 4.54. The van der Waals surface area contributed by atoms with E-state index in [1.807, 2.05) is 34.7 Å². The van der Waals surface area contributed by atoms with Crippen LogP contribution in [0.15, 0.2) is 36.7 Å². The van der Waals surface area contributed by atoms with Crippen LogP contribution < -0.4 is 5.32 Å². The normalized spacial score (nSPS) is 11.2. The lowest BCUT2D eigenvalue weighted by molar-refractivity contribution is 0.536. The molecule has 3 rings (SSSR count). The summed E-state index contributed by atoms with van der Waals surface area (Å²) in [4.78, 5) is 0. The Morgan fingerprint density at radius 2 is 2.16 bits per heavy atom. The summed E-state index contributed by atoms with van der Waals surface area (Å²) in [5.74, 6) is 0. The first-order valence-corrected chi connectivity index (χ1v) is 6.30. The van der Waals surface area contributed by atoms with E-state index in [4.69, 9.17) is 0 Å². The topological polar surface area (TPSA) is 60.6 Å². The Morgan fingerprint density at radius 3 is 3.00 bits per heavy atom. The molecule has 0 unspecified atom stereocenters. The molecule has 0 aliphatic carbocycles. The summed E-state index contributed by atoms with van der Waals surface area (Å²) in [5, 5.41) is 16.8. The van der Waals surface area contributed by atoms with E-state index in [-0.39, 0.29) is 0 Å². The first-order valence-electron chi connectivity index (χ1n) is 6.30. The lowest BCUT2D eigenvalue weighted by Gasteiger charge is -2.02. The summed E-state index contributed by atoms with van der Waals surface area (Å²) in [5.41, 5.74) is 2.24. The number of rotatable bonds is 5. The fraction of sp³-hybridized carbons (Fsp3) is 0.308. The van der Waals surface area contributed by atoms with Gasteiger partial charge in [-0.25, -0.2) is 0 Å². The van der Waals surface area contributed by atoms with Crippen LogP contribution in [0.5, 0.6) is 0 Å². The van der Waals surface area contributed by atoms with Crippen LogP contribution in [0.2, 0.25) is 0 Å². The van der Waals surface area contributed by atoms with Crippen molar-refractivity contribution in [2.75, 3.05) is 6.54 Å². The number of benzene rings is 1. The van der Waals surface area contributed by atoms with E-state index in [1.54, 1.807) is 6.20 Å². The molecule has 0 spiro atoms. The van der Waals surface area contributed by atoms with Crippen molar-refractivity contribution < 1.29 is 0 Å². The monoisotopic (exact) mass is 256 g/mol. The van der Waals surface area contributed by atoms with Crippen molar-refractivity contribution >= 4 is 10.9 Å². The zero-order chi connectivity index (χ0) is 13.1. The third-order valence-corrected chi connectivity index (χ3v) is 3.12. The summed E-state index contributed by atoms with van der Waals surface area (Å²) in [6.45, 7) is 2.41. The van der Waals surface area contributed by atoms with Gasteiger partial charge in [-0.2, -0.15) is 5.10 Å². The van der Waals surface area contributed by atoms with Gasteiger partial charge in [-0.1, -0.05) is 23.4 Å². The SMILES string of the molecule is Cn1nc(CNCCn2ccnn2)c2ccccc21. The lowest BCUT2D eigenvalue weighted by atomic mass is 10.2. The average molecular weight is 256 g/mol. The third-order valence-electron chi connectivity index (χ3n) is 3.12. The van der Waals surface area contributed by atoms with Crippen LogP contribution in [0.3, 0.4) is 0 Å². The lowest BCUT2D eigenvalue weighted by Crippen LogP contribution is -2.20. The number of fused-ring (bicyclic) bond motifs is 1. The highest BCUT2D eigenvalue weighted by Crippen LogP contribution is 2.16. The molecule has 0 aliphatic rings. The van der Waals surface area contributed by atoms with Crippen molar-refractivity contribution in [3.8, 4) is 0 Å². The van der Waals surface area contributed by atoms with E-state index in [1.165, 1.54) is 5.39 Å². The molecular weight excluding hydrogens is 240 g/mol. The zero-order valence-electron chi connectivity index (χ0n) is 10.8. The number of nitrogens with zero attached hydrogens (tertiary/aromatic N) is 5. The first-order chi connectivity index (χ1) is 9.34. The quantitative estimate of drug-likeness (QED) is 0.691. The highest BCUT2D eigenvalue weighted by molar-refractivity contribution is 5.81. The smallest absolute Gasteiger partial charge is 0.0841 e. The van der Waals surface area contributed by atoms with Gasteiger partial charge in [0.2, 0.25) is 0 Å². The third kappa shape index (κ3) is 2.48. The molecular formula is C13H16N6. The molecule has 0 saturated carbocycles. The molecule has 0 bridgehead atoms. The van der Waals surface area contributed by atoms with Gasteiger partial charge in [0.25, 0.3) is 0 Å². The Bertz CT molecular complexity index is 655. The van der Waals surface area contributed by atoms with Gasteiger partial charge in [0.15, 0.2) is 0 Å². The number of hydrogen-bond donors (Lipinski definition) is 1. The Kier molecular flexibility index (Phi) is 3.24. The zero-order valence-corrected chi connectivity index (χ0v) is 10.8. The van der Waals surface area contributed by atoms with Gasteiger partial charge >= 0.3 is 0 Å². The average Bonchev–Trinajstić information content (AvgIpc) is 3.04. The maximum atomic E-state index is 4.54. The second kappa shape index (κ2) is 5.19. The summed E-state index contributed by atoms with van der Waals surface area (Å²) < 4.78 is 3.73. The van der Waals surface area contributed by atoms with Crippen molar-refractivity contribution in [2.45, 2.75) is 13.1 Å². The van der Waals surface area contributed by atoms with Gasteiger partial charge in [-0.15, -0.1) is 5.10 Å². The number of aromatic nitrogens is 5. The fourth-order valence-corrected chi connectivity index (χ4v) is 2.17. The summed E-state index contributed by atoms with van der Waals surface area (Å²) >= 11 is 0. The van der Waals surface area contributed by atoms with Crippen LogP contribution in [0.1, 0.15) is 5.69 Å². The fourth-order valence-electron chi connectivity index (χ4n) is 2.17. The van der Waals surface area contributed by atoms with E-state index < -0.39 is 0 Å². The van der Waals surface area contributed by atoms with Crippen molar-refractivity contribution in [1.29, 1.82) is 0 Å². The first kappa shape index (κ1) is 11.9. The number of hydrogen-bond acceptors (Lipinski definition) is 4. The summed E-state index contributed by atoms with van der Waals surface area (Å²) in [6, 6.07) is 8.27. The van der Waals surface area contributed by atoms with E-state index in [0.717, 1.165) is 30.8 Å². The molecule has 0 aliphatic heterocycles. The minimum Gasteiger partial charge on any atom is -0.309 e. The minimum absolute atomic E-state index is 0.760. The summed E-state index contributed by atoms with van der Waals surface area (Å²) in [7, 11) is 1.97. The van der Waals surface area contributed by atoms with Gasteiger partial charge in [0.1, 0.15) is 0 Å². The molecule has 1 aromatic carbocycles. The second-order valence-corrected chi connectivity index (χ2v) is 4.43. The largest absolute Gasteiger partial charge is 0.309 e. The molecule has 0 amide bonds. The van der Waals surface area contributed by atoms with Crippen LogP contribution >= 0.6 is 0 Å². The molecule has 2 heterocycles. The van der Waals surface area contributed by atoms with Crippen LogP contribution in [0, 0.1) is 0 Å². The van der Waals surface area contributed by atoms with Gasteiger partial charge in [0.05, 0.1) is 24.0 Å². The van der Waals surface area contributed by atoms with Crippen molar-refractivity contribution in [1.82, 2.24) is 30.1 Å². The molecule has 2 aromatic heterocycles. The van der Waals surface area contributed by atoms with Crippen molar-refractivity contribution in [2.24, 2.45) is 7.05 Å².